The zero-order valence-corrected chi connectivity index (χ0v) is 13.3. The van der Waals surface area contributed by atoms with Crippen molar-refractivity contribution in [1.29, 1.82) is 0 Å². The lowest BCUT2D eigenvalue weighted by atomic mass is 10.0. The van der Waals surface area contributed by atoms with Gasteiger partial charge >= 0.3 is 6.03 Å². The maximum atomic E-state index is 12.3. The highest BCUT2D eigenvalue weighted by Gasteiger charge is 2.19. The minimum absolute atomic E-state index is 0.000237. The van der Waals surface area contributed by atoms with Gasteiger partial charge in [-0.1, -0.05) is 58.4 Å². The number of nitrogens with one attached hydrogen (secondary N) is 1. The third-order valence-electron chi connectivity index (χ3n) is 3.81. The van der Waals surface area contributed by atoms with Gasteiger partial charge in [0, 0.05) is 24.1 Å². The maximum absolute atomic E-state index is 12.3. The number of nitrogens with zero attached hydrogens (tertiary/aromatic N) is 1. The predicted octanol–water partition coefficient (Wildman–Crippen LogP) is 3.72. The molecule has 0 unspecified atom stereocenters. The molecule has 0 aliphatic carbocycles. The van der Waals surface area contributed by atoms with Crippen LogP contribution in [0.15, 0.2) is 53.0 Å². The molecule has 2 amide bonds. The second-order valence-corrected chi connectivity index (χ2v) is 6.04. The molecule has 0 atom stereocenters. The van der Waals surface area contributed by atoms with Crippen molar-refractivity contribution in [3.63, 3.8) is 0 Å². The van der Waals surface area contributed by atoms with Crippen LogP contribution in [0.2, 0.25) is 0 Å². The number of amides is 2. The van der Waals surface area contributed by atoms with Crippen molar-refractivity contribution in [2.24, 2.45) is 0 Å². The van der Waals surface area contributed by atoms with E-state index in [0.29, 0.717) is 13.1 Å². The molecule has 2 aromatic carbocycles. The summed E-state index contributed by atoms with van der Waals surface area (Å²) in [4.78, 5) is 14.2. The van der Waals surface area contributed by atoms with E-state index in [4.69, 9.17) is 0 Å². The van der Waals surface area contributed by atoms with E-state index in [0.717, 1.165) is 23.0 Å². The highest BCUT2D eigenvalue weighted by Crippen LogP contribution is 2.19. The Balaban J connectivity index is 1.61. The van der Waals surface area contributed by atoms with Crippen molar-refractivity contribution >= 4 is 22.0 Å². The molecule has 2 aromatic rings. The van der Waals surface area contributed by atoms with E-state index in [1.165, 1.54) is 11.1 Å². The summed E-state index contributed by atoms with van der Waals surface area (Å²) in [6.07, 6.45) is 0.929. The van der Waals surface area contributed by atoms with Gasteiger partial charge in [0.1, 0.15) is 0 Å². The van der Waals surface area contributed by atoms with Gasteiger partial charge in [-0.25, -0.2) is 4.79 Å². The van der Waals surface area contributed by atoms with E-state index in [-0.39, 0.29) is 6.03 Å². The lowest BCUT2D eigenvalue weighted by Crippen LogP contribution is -2.42. The molecule has 3 rings (SSSR count). The molecule has 0 spiro atoms. The van der Waals surface area contributed by atoms with Crippen molar-refractivity contribution in [2.45, 2.75) is 19.5 Å². The monoisotopic (exact) mass is 344 g/mol. The van der Waals surface area contributed by atoms with E-state index < -0.39 is 0 Å². The molecule has 21 heavy (non-hydrogen) atoms. The van der Waals surface area contributed by atoms with E-state index in [1.807, 2.05) is 35.2 Å². The Bertz CT molecular complexity index is 657. The van der Waals surface area contributed by atoms with E-state index in [1.54, 1.807) is 0 Å². The van der Waals surface area contributed by atoms with Gasteiger partial charge in [0.2, 0.25) is 0 Å². The molecule has 1 heterocycles. The maximum Gasteiger partial charge on any atom is 0.317 e. The third kappa shape index (κ3) is 3.27. The van der Waals surface area contributed by atoms with Crippen LogP contribution in [0.4, 0.5) is 4.79 Å². The summed E-state index contributed by atoms with van der Waals surface area (Å²) in [6.45, 7) is 2.01. The van der Waals surface area contributed by atoms with Gasteiger partial charge in [0.15, 0.2) is 0 Å². The second kappa shape index (κ2) is 6.31. The Hall–Kier alpha value is -1.81. The minimum Gasteiger partial charge on any atom is -0.334 e. The van der Waals surface area contributed by atoms with Crippen LogP contribution in [0.5, 0.6) is 0 Å². The Labute approximate surface area is 133 Å². The molecule has 1 N–H and O–H groups in total. The number of fused-ring (bicyclic) bond motifs is 1. The van der Waals surface area contributed by atoms with E-state index >= 15 is 0 Å². The molecule has 0 fully saturated rings. The fraction of sp³-hybridized carbons (Fsp3) is 0.235. The zero-order chi connectivity index (χ0) is 14.7. The number of hydrogen-bond donors (Lipinski definition) is 1. The first kappa shape index (κ1) is 14.1. The second-order valence-electron chi connectivity index (χ2n) is 5.19. The Morgan fingerprint density at radius 3 is 2.62 bits per heavy atom. The molecule has 0 aromatic heterocycles. The van der Waals surface area contributed by atoms with Gasteiger partial charge in [-0.3, -0.25) is 0 Å². The van der Waals surface area contributed by atoms with Crippen LogP contribution in [-0.2, 0) is 19.5 Å². The molecule has 0 radical (unpaired) electrons. The highest BCUT2D eigenvalue weighted by atomic mass is 79.9. The number of rotatable bonds is 2. The summed E-state index contributed by atoms with van der Waals surface area (Å²) in [6, 6.07) is 16.3. The fourth-order valence-corrected chi connectivity index (χ4v) is 3.02. The highest BCUT2D eigenvalue weighted by molar-refractivity contribution is 9.10. The van der Waals surface area contributed by atoms with Crippen LogP contribution in [0, 0.1) is 0 Å². The lowest BCUT2D eigenvalue weighted by Gasteiger charge is -2.29. The van der Waals surface area contributed by atoms with Crippen LogP contribution in [0.1, 0.15) is 16.7 Å². The fourth-order valence-electron chi connectivity index (χ4n) is 2.59. The normalized spacial score (nSPS) is 13.7. The lowest BCUT2D eigenvalue weighted by molar-refractivity contribution is 0.192. The van der Waals surface area contributed by atoms with Crippen LogP contribution >= 0.6 is 15.9 Å². The molecule has 4 heteroatoms. The molecule has 0 saturated carbocycles. The predicted molar refractivity (Wildman–Crippen MR) is 86.9 cm³/mol. The molecular formula is C17H17BrN2O. The Morgan fingerprint density at radius 2 is 1.81 bits per heavy atom. The number of halogens is 1. The van der Waals surface area contributed by atoms with E-state index in [9.17, 15) is 4.79 Å². The Morgan fingerprint density at radius 1 is 1.10 bits per heavy atom. The standard InChI is InChI=1S/C17H17BrN2O/c18-16-8-4-3-6-14(16)11-19-17(21)20-10-9-13-5-1-2-7-15(13)12-20/h1-8H,9-12H2,(H,19,21). The van der Waals surface area contributed by atoms with Crippen LogP contribution in [0.25, 0.3) is 0 Å². The van der Waals surface area contributed by atoms with Crippen molar-refractivity contribution in [2.75, 3.05) is 6.54 Å². The number of benzene rings is 2. The average Bonchev–Trinajstić information content (AvgIpc) is 2.53. The van der Waals surface area contributed by atoms with Crippen molar-refractivity contribution in [3.05, 3.63) is 69.7 Å². The first-order valence-corrected chi connectivity index (χ1v) is 7.86. The quantitative estimate of drug-likeness (QED) is 0.884. The molecule has 108 valence electrons. The Kier molecular flexibility index (Phi) is 4.25. The number of carbonyl (C=O) groups excluding carboxylic acids is 1. The first-order valence-electron chi connectivity index (χ1n) is 7.07. The van der Waals surface area contributed by atoms with Crippen LogP contribution < -0.4 is 5.32 Å². The summed E-state index contributed by atoms with van der Waals surface area (Å²) < 4.78 is 1.02. The molecular weight excluding hydrogens is 328 g/mol. The number of urea groups is 1. The van der Waals surface area contributed by atoms with Crippen molar-refractivity contribution in [3.8, 4) is 0 Å². The van der Waals surface area contributed by atoms with Crippen LogP contribution in [0.3, 0.4) is 0 Å². The van der Waals surface area contributed by atoms with Crippen molar-refractivity contribution < 1.29 is 4.79 Å². The molecule has 3 nitrogen and oxygen atoms in total. The van der Waals surface area contributed by atoms with Gasteiger partial charge in [0.25, 0.3) is 0 Å². The zero-order valence-electron chi connectivity index (χ0n) is 11.7. The molecule has 0 bridgehead atoms. The number of hydrogen-bond acceptors (Lipinski definition) is 1. The van der Waals surface area contributed by atoms with Crippen molar-refractivity contribution in [1.82, 2.24) is 10.2 Å². The first-order chi connectivity index (χ1) is 10.2. The SMILES string of the molecule is O=C(NCc1ccccc1Br)N1CCc2ccccc2C1. The summed E-state index contributed by atoms with van der Waals surface area (Å²) in [5, 5.41) is 3.00. The summed E-state index contributed by atoms with van der Waals surface area (Å²) in [5.41, 5.74) is 3.69. The van der Waals surface area contributed by atoms with Gasteiger partial charge in [-0.15, -0.1) is 0 Å². The average molecular weight is 345 g/mol. The van der Waals surface area contributed by atoms with Gasteiger partial charge in [0.05, 0.1) is 0 Å². The topological polar surface area (TPSA) is 32.3 Å². The minimum atomic E-state index is 0.000237. The number of carbonyl (C=O) groups is 1. The molecule has 1 aliphatic rings. The molecule has 1 aliphatic heterocycles. The summed E-state index contributed by atoms with van der Waals surface area (Å²) in [7, 11) is 0. The summed E-state index contributed by atoms with van der Waals surface area (Å²) >= 11 is 3.50. The van der Waals surface area contributed by atoms with Gasteiger partial charge in [-0.05, 0) is 29.2 Å². The summed E-state index contributed by atoms with van der Waals surface area (Å²) in [5.74, 6) is 0. The smallest absolute Gasteiger partial charge is 0.317 e. The molecule has 0 saturated heterocycles. The largest absolute Gasteiger partial charge is 0.334 e. The van der Waals surface area contributed by atoms with Gasteiger partial charge in [-0.2, -0.15) is 0 Å². The van der Waals surface area contributed by atoms with Crippen LogP contribution in [-0.4, -0.2) is 17.5 Å². The van der Waals surface area contributed by atoms with Gasteiger partial charge < -0.3 is 10.2 Å². The third-order valence-corrected chi connectivity index (χ3v) is 4.58. The van der Waals surface area contributed by atoms with E-state index in [2.05, 4.69) is 39.4 Å².